The maximum atomic E-state index is 11.7. The van der Waals surface area contributed by atoms with Crippen LogP contribution in [0, 0.1) is 0 Å². The molecular formula is C17H24O5. The van der Waals surface area contributed by atoms with E-state index in [9.17, 15) is 4.79 Å². The lowest BCUT2D eigenvalue weighted by atomic mass is 9.94. The van der Waals surface area contributed by atoms with Gasteiger partial charge in [-0.05, 0) is 45.2 Å². The van der Waals surface area contributed by atoms with Crippen LogP contribution in [0.5, 0.6) is 11.5 Å². The maximum absolute atomic E-state index is 11.7. The van der Waals surface area contributed by atoms with Crippen LogP contribution in [0.25, 0.3) is 0 Å². The lowest BCUT2D eigenvalue weighted by molar-refractivity contribution is -0.0906. The van der Waals surface area contributed by atoms with E-state index in [1.54, 1.807) is 32.9 Å². The summed E-state index contributed by atoms with van der Waals surface area (Å²) in [6.07, 6.45) is -0.172. The van der Waals surface area contributed by atoms with E-state index in [0.717, 1.165) is 12.0 Å². The van der Waals surface area contributed by atoms with Crippen molar-refractivity contribution in [3.8, 4) is 11.5 Å². The van der Waals surface area contributed by atoms with Crippen LogP contribution in [0.3, 0.4) is 0 Å². The molecule has 0 unspecified atom stereocenters. The van der Waals surface area contributed by atoms with E-state index < -0.39 is 11.8 Å². The molecule has 122 valence electrons. The van der Waals surface area contributed by atoms with E-state index in [4.69, 9.17) is 18.9 Å². The summed E-state index contributed by atoms with van der Waals surface area (Å²) < 4.78 is 21.7. The fourth-order valence-corrected chi connectivity index (χ4v) is 2.35. The summed E-state index contributed by atoms with van der Waals surface area (Å²) in [4.78, 5) is 11.7. The average Bonchev–Trinajstić information content (AvgIpc) is 2.36. The first-order valence-electron chi connectivity index (χ1n) is 7.61. The topological polar surface area (TPSA) is 54.0 Å². The molecule has 1 aliphatic heterocycles. The van der Waals surface area contributed by atoms with Gasteiger partial charge in [-0.3, -0.25) is 0 Å². The van der Waals surface area contributed by atoms with Gasteiger partial charge < -0.3 is 18.9 Å². The molecule has 0 aliphatic carbocycles. The molecule has 2 atom stereocenters. The standard InChI is InChI=1S/C17H24O5/c1-6-19-15-9-11(2)13-8-7-12(10-14(13)21-15)20-16(18)22-17(3,4)5/h7-8,10-11,15H,6,9H2,1-5H3/t11-,15-/m0/s1. The maximum Gasteiger partial charge on any atom is 0.514 e. The van der Waals surface area contributed by atoms with Gasteiger partial charge in [0.25, 0.3) is 0 Å². The molecule has 0 bridgehead atoms. The number of hydrogen-bond donors (Lipinski definition) is 0. The van der Waals surface area contributed by atoms with Crippen molar-refractivity contribution >= 4 is 6.16 Å². The minimum Gasteiger partial charge on any atom is -0.464 e. The molecule has 0 amide bonds. The van der Waals surface area contributed by atoms with Crippen molar-refractivity contribution in [2.45, 2.75) is 58.8 Å². The number of ether oxygens (including phenoxy) is 4. The van der Waals surface area contributed by atoms with Crippen molar-refractivity contribution in [1.82, 2.24) is 0 Å². The first-order chi connectivity index (χ1) is 10.3. The van der Waals surface area contributed by atoms with Crippen LogP contribution in [0.2, 0.25) is 0 Å². The number of rotatable bonds is 3. The van der Waals surface area contributed by atoms with Gasteiger partial charge in [0.2, 0.25) is 0 Å². The van der Waals surface area contributed by atoms with E-state index in [0.29, 0.717) is 24.0 Å². The second-order valence-corrected chi connectivity index (χ2v) is 6.41. The summed E-state index contributed by atoms with van der Waals surface area (Å²) in [5.41, 5.74) is 0.503. The highest BCUT2D eigenvalue weighted by Crippen LogP contribution is 2.38. The highest BCUT2D eigenvalue weighted by molar-refractivity contribution is 5.65. The van der Waals surface area contributed by atoms with Crippen LogP contribution in [0.1, 0.15) is 52.5 Å². The second-order valence-electron chi connectivity index (χ2n) is 6.41. The van der Waals surface area contributed by atoms with Crippen LogP contribution in [0.4, 0.5) is 4.79 Å². The highest BCUT2D eigenvalue weighted by Gasteiger charge is 2.26. The van der Waals surface area contributed by atoms with Crippen LogP contribution in [-0.2, 0) is 9.47 Å². The predicted octanol–water partition coefficient (Wildman–Crippen LogP) is 4.25. The van der Waals surface area contributed by atoms with Gasteiger partial charge in [0.1, 0.15) is 17.1 Å². The minimum atomic E-state index is -0.724. The smallest absolute Gasteiger partial charge is 0.464 e. The Morgan fingerprint density at radius 2 is 2.09 bits per heavy atom. The van der Waals surface area contributed by atoms with E-state index in [1.165, 1.54) is 0 Å². The number of benzene rings is 1. The first-order valence-corrected chi connectivity index (χ1v) is 7.61. The Morgan fingerprint density at radius 1 is 1.36 bits per heavy atom. The molecule has 0 saturated carbocycles. The van der Waals surface area contributed by atoms with Crippen LogP contribution < -0.4 is 9.47 Å². The molecular weight excluding hydrogens is 284 g/mol. The van der Waals surface area contributed by atoms with Gasteiger partial charge in [0.05, 0.1) is 0 Å². The Bertz CT molecular complexity index is 532. The van der Waals surface area contributed by atoms with Crippen LogP contribution in [0.15, 0.2) is 18.2 Å². The number of hydrogen-bond acceptors (Lipinski definition) is 5. The molecule has 5 heteroatoms. The van der Waals surface area contributed by atoms with Crippen molar-refractivity contribution in [2.24, 2.45) is 0 Å². The van der Waals surface area contributed by atoms with E-state index in [2.05, 4.69) is 6.92 Å². The Kier molecular flexibility index (Phi) is 4.96. The van der Waals surface area contributed by atoms with E-state index in [1.807, 2.05) is 13.0 Å². The Labute approximate surface area is 131 Å². The van der Waals surface area contributed by atoms with Crippen molar-refractivity contribution in [2.75, 3.05) is 6.61 Å². The summed E-state index contributed by atoms with van der Waals surface area (Å²) in [6.45, 7) is 10.0. The van der Waals surface area contributed by atoms with Gasteiger partial charge in [0.15, 0.2) is 6.29 Å². The molecule has 1 aliphatic rings. The minimum absolute atomic E-state index is 0.260. The van der Waals surface area contributed by atoms with Crippen molar-refractivity contribution in [1.29, 1.82) is 0 Å². The number of carbonyl (C=O) groups is 1. The largest absolute Gasteiger partial charge is 0.514 e. The Hall–Kier alpha value is -1.75. The third kappa shape index (κ3) is 4.37. The molecule has 0 spiro atoms. The average molecular weight is 308 g/mol. The molecule has 0 radical (unpaired) electrons. The summed E-state index contributed by atoms with van der Waals surface area (Å²) in [7, 11) is 0. The fraction of sp³-hybridized carbons (Fsp3) is 0.588. The zero-order chi connectivity index (χ0) is 16.3. The fourth-order valence-electron chi connectivity index (χ4n) is 2.35. The molecule has 1 aromatic rings. The molecule has 22 heavy (non-hydrogen) atoms. The quantitative estimate of drug-likeness (QED) is 0.617. The third-order valence-electron chi connectivity index (χ3n) is 3.26. The Morgan fingerprint density at radius 3 is 2.73 bits per heavy atom. The summed E-state index contributed by atoms with van der Waals surface area (Å²) in [6, 6.07) is 5.38. The first kappa shape index (κ1) is 16.6. The summed E-state index contributed by atoms with van der Waals surface area (Å²) in [5.74, 6) is 1.42. The van der Waals surface area contributed by atoms with Gasteiger partial charge in [-0.2, -0.15) is 0 Å². The highest BCUT2D eigenvalue weighted by atomic mass is 16.7. The molecule has 0 fully saturated rings. The van der Waals surface area contributed by atoms with Crippen molar-refractivity contribution in [3.63, 3.8) is 0 Å². The van der Waals surface area contributed by atoms with Gasteiger partial charge in [-0.15, -0.1) is 0 Å². The molecule has 2 rings (SSSR count). The van der Waals surface area contributed by atoms with Crippen LogP contribution in [-0.4, -0.2) is 24.7 Å². The van der Waals surface area contributed by atoms with Gasteiger partial charge in [-0.1, -0.05) is 13.0 Å². The number of fused-ring (bicyclic) bond motifs is 1. The Balaban J connectivity index is 2.10. The SMILES string of the molecule is CCO[C@@H]1C[C@H](C)c2ccc(OC(=O)OC(C)(C)C)cc2O1. The molecule has 1 aromatic carbocycles. The zero-order valence-electron chi connectivity index (χ0n) is 13.8. The van der Waals surface area contributed by atoms with Crippen molar-refractivity contribution in [3.05, 3.63) is 23.8 Å². The van der Waals surface area contributed by atoms with Gasteiger partial charge in [-0.25, -0.2) is 4.79 Å². The molecule has 1 heterocycles. The number of carbonyl (C=O) groups excluding carboxylic acids is 1. The molecule has 0 saturated heterocycles. The molecule has 0 N–H and O–H groups in total. The van der Waals surface area contributed by atoms with E-state index >= 15 is 0 Å². The normalized spacial score (nSPS) is 20.8. The van der Waals surface area contributed by atoms with E-state index in [-0.39, 0.29) is 6.29 Å². The van der Waals surface area contributed by atoms with Crippen LogP contribution >= 0.6 is 0 Å². The summed E-state index contributed by atoms with van der Waals surface area (Å²) >= 11 is 0. The van der Waals surface area contributed by atoms with Crippen molar-refractivity contribution < 1.29 is 23.7 Å². The summed E-state index contributed by atoms with van der Waals surface area (Å²) in [5, 5.41) is 0. The lowest BCUT2D eigenvalue weighted by Gasteiger charge is -2.30. The monoisotopic (exact) mass is 308 g/mol. The second kappa shape index (κ2) is 6.57. The lowest BCUT2D eigenvalue weighted by Crippen LogP contribution is -2.28. The van der Waals surface area contributed by atoms with Gasteiger partial charge in [0, 0.05) is 19.1 Å². The predicted molar refractivity (Wildman–Crippen MR) is 82.4 cm³/mol. The molecule has 5 nitrogen and oxygen atoms in total. The van der Waals surface area contributed by atoms with Gasteiger partial charge >= 0.3 is 6.16 Å². The third-order valence-corrected chi connectivity index (χ3v) is 3.26. The molecule has 0 aromatic heterocycles. The zero-order valence-corrected chi connectivity index (χ0v) is 13.8.